The maximum atomic E-state index is 11.2. The summed E-state index contributed by atoms with van der Waals surface area (Å²) in [6.07, 6.45) is 1.65. The monoisotopic (exact) mass is 334 g/mol. The summed E-state index contributed by atoms with van der Waals surface area (Å²) in [6, 6.07) is 4.53. The number of methoxy groups -OCH3 is 1. The van der Waals surface area contributed by atoms with Crippen LogP contribution in [0.4, 0.5) is 0 Å². The number of hydrogen-bond acceptors (Lipinski definition) is 5. The van der Waals surface area contributed by atoms with Gasteiger partial charge in [-0.25, -0.2) is 4.79 Å². The number of benzene rings is 1. The van der Waals surface area contributed by atoms with Crippen molar-refractivity contribution in [3.63, 3.8) is 0 Å². The summed E-state index contributed by atoms with van der Waals surface area (Å²) in [7, 11) is 0.791. The van der Waals surface area contributed by atoms with Gasteiger partial charge in [0.05, 0.1) is 30.5 Å². The van der Waals surface area contributed by atoms with Crippen LogP contribution in [0.1, 0.15) is 43.6 Å². The molecule has 2 N–H and O–H groups in total. The molecule has 0 atom stereocenters. The van der Waals surface area contributed by atoms with Gasteiger partial charge in [0.1, 0.15) is 5.75 Å². The van der Waals surface area contributed by atoms with E-state index in [1.54, 1.807) is 12.1 Å². The maximum absolute atomic E-state index is 11.2. The smallest absolute Gasteiger partial charge is 0.492 e. The van der Waals surface area contributed by atoms with Crippen LogP contribution in [0.5, 0.6) is 5.75 Å². The van der Waals surface area contributed by atoms with Crippen molar-refractivity contribution in [2.24, 2.45) is 0 Å². The lowest BCUT2D eigenvalue weighted by atomic mass is 9.77. The van der Waals surface area contributed by atoms with Gasteiger partial charge in [-0.05, 0) is 51.4 Å². The Bertz CT molecular complexity index is 649. The lowest BCUT2D eigenvalue weighted by Crippen LogP contribution is -2.41. The van der Waals surface area contributed by atoms with Crippen LogP contribution in [-0.2, 0) is 9.31 Å². The normalized spacial score (nSPS) is 19.4. The van der Waals surface area contributed by atoms with E-state index in [4.69, 9.17) is 19.2 Å². The SMILES string of the molecule is COc1ccc(C(=O)O)cc1C=C(CO)B1OC(C)(C)C(C)(C)O1. The van der Waals surface area contributed by atoms with Gasteiger partial charge in [0, 0.05) is 5.56 Å². The molecule has 1 heterocycles. The van der Waals surface area contributed by atoms with Crippen molar-refractivity contribution < 1.29 is 29.1 Å². The number of aliphatic hydroxyl groups is 1. The summed E-state index contributed by atoms with van der Waals surface area (Å²) >= 11 is 0. The van der Waals surface area contributed by atoms with Gasteiger partial charge in [-0.3, -0.25) is 0 Å². The molecule has 0 spiro atoms. The topological polar surface area (TPSA) is 85.2 Å². The number of hydrogen-bond donors (Lipinski definition) is 2. The van der Waals surface area contributed by atoms with Crippen molar-refractivity contribution in [2.45, 2.75) is 38.9 Å². The van der Waals surface area contributed by atoms with E-state index in [2.05, 4.69) is 0 Å². The van der Waals surface area contributed by atoms with E-state index in [0.29, 0.717) is 16.8 Å². The highest BCUT2D eigenvalue weighted by atomic mass is 16.7. The summed E-state index contributed by atoms with van der Waals surface area (Å²) in [5.41, 5.74) is 0.108. The molecule has 0 aromatic heterocycles. The lowest BCUT2D eigenvalue weighted by molar-refractivity contribution is 0.00578. The first-order valence-corrected chi connectivity index (χ1v) is 7.69. The predicted molar refractivity (Wildman–Crippen MR) is 91.1 cm³/mol. The molecule has 1 fully saturated rings. The minimum absolute atomic E-state index is 0.133. The number of aromatic carboxylic acids is 1. The van der Waals surface area contributed by atoms with Crippen molar-refractivity contribution in [2.75, 3.05) is 13.7 Å². The second-order valence-corrected chi connectivity index (χ2v) is 6.73. The molecule has 1 aromatic rings. The van der Waals surface area contributed by atoms with Crippen molar-refractivity contribution in [3.05, 3.63) is 34.8 Å². The van der Waals surface area contributed by atoms with Gasteiger partial charge >= 0.3 is 13.1 Å². The molecule has 6 nitrogen and oxygen atoms in total. The van der Waals surface area contributed by atoms with E-state index < -0.39 is 24.3 Å². The summed E-state index contributed by atoms with van der Waals surface area (Å²) in [6.45, 7) is 7.42. The molecule has 0 aliphatic carbocycles. The Morgan fingerprint density at radius 3 is 2.29 bits per heavy atom. The second kappa shape index (κ2) is 6.59. The fraction of sp³-hybridized carbons (Fsp3) is 0.471. The second-order valence-electron chi connectivity index (χ2n) is 6.73. The third kappa shape index (κ3) is 3.48. The van der Waals surface area contributed by atoms with Gasteiger partial charge in [0.15, 0.2) is 0 Å². The summed E-state index contributed by atoms with van der Waals surface area (Å²) in [5, 5.41) is 18.9. The standard InChI is InChI=1S/C17H23BO6/c1-16(2)17(3,4)24-18(23-16)13(10-19)9-12-8-11(15(20)21)6-7-14(12)22-5/h6-9,19H,10H2,1-5H3,(H,20,21). The average Bonchev–Trinajstić information content (AvgIpc) is 2.72. The minimum Gasteiger partial charge on any atom is -0.496 e. The molecule has 0 unspecified atom stereocenters. The van der Waals surface area contributed by atoms with Crippen LogP contribution >= 0.6 is 0 Å². The van der Waals surface area contributed by atoms with Gasteiger partial charge in [0.25, 0.3) is 0 Å². The number of carbonyl (C=O) groups is 1. The zero-order chi connectivity index (χ0) is 18.1. The molecule has 1 aliphatic rings. The Balaban J connectivity index is 2.41. The van der Waals surface area contributed by atoms with Crippen molar-refractivity contribution in [1.29, 1.82) is 0 Å². The van der Waals surface area contributed by atoms with Gasteiger partial charge in [0.2, 0.25) is 0 Å². The van der Waals surface area contributed by atoms with Gasteiger partial charge in [-0.2, -0.15) is 0 Å². The molecule has 0 bridgehead atoms. The van der Waals surface area contributed by atoms with Gasteiger partial charge < -0.3 is 24.3 Å². The van der Waals surface area contributed by atoms with Crippen molar-refractivity contribution in [1.82, 2.24) is 0 Å². The molecule has 0 amide bonds. The maximum Gasteiger partial charge on any atom is 0.492 e. The number of carboxylic acids is 1. The van der Waals surface area contributed by atoms with Crippen LogP contribution in [0.2, 0.25) is 0 Å². The molecule has 1 saturated heterocycles. The van der Waals surface area contributed by atoms with E-state index in [0.717, 1.165) is 0 Å². The van der Waals surface area contributed by atoms with E-state index in [1.165, 1.54) is 19.2 Å². The zero-order valence-electron chi connectivity index (χ0n) is 14.6. The van der Waals surface area contributed by atoms with E-state index >= 15 is 0 Å². The summed E-state index contributed by atoms with van der Waals surface area (Å²) in [5.74, 6) is -0.532. The third-order valence-electron chi connectivity index (χ3n) is 4.56. The predicted octanol–water partition coefficient (Wildman–Crippen LogP) is 2.40. The molecule has 0 radical (unpaired) electrons. The fourth-order valence-electron chi connectivity index (χ4n) is 2.36. The summed E-state index contributed by atoms with van der Waals surface area (Å²) in [4.78, 5) is 11.2. The van der Waals surface area contributed by atoms with E-state index in [-0.39, 0.29) is 12.2 Å². The molecule has 1 aromatic carbocycles. The van der Waals surface area contributed by atoms with Crippen LogP contribution in [0.25, 0.3) is 6.08 Å². The quantitative estimate of drug-likeness (QED) is 0.805. The highest BCUT2D eigenvalue weighted by Gasteiger charge is 2.52. The van der Waals surface area contributed by atoms with Crippen LogP contribution in [0.3, 0.4) is 0 Å². The van der Waals surface area contributed by atoms with Gasteiger partial charge in [-0.15, -0.1) is 0 Å². The molecule has 24 heavy (non-hydrogen) atoms. The number of rotatable bonds is 5. The van der Waals surface area contributed by atoms with Crippen molar-refractivity contribution in [3.8, 4) is 5.75 Å². The zero-order valence-corrected chi connectivity index (χ0v) is 14.6. The van der Waals surface area contributed by atoms with Crippen LogP contribution in [-0.4, -0.2) is 48.2 Å². The number of aliphatic hydroxyl groups excluding tert-OH is 1. The van der Waals surface area contributed by atoms with Crippen molar-refractivity contribution >= 4 is 19.2 Å². The Morgan fingerprint density at radius 2 is 1.83 bits per heavy atom. The van der Waals surface area contributed by atoms with Gasteiger partial charge in [-0.1, -0.05) is 6.08 Å². The van der Waals surface area contributed by atoms with E-state index in [1.807, 2.05) is 27.7 Å². The molecule has 130 valence electrons. The number of carboxylic acid groups (broad SMARTS) is 1. The molecular weight excluding hydrogens is 311 g/mol. The molecular formula is C17H23BO6. The minimum atomic E-state index is -1.03. The first-order valence-electron chi connectivity index (χ1n) is 7.69. The Hall–Kier alpha value is -1.83. The fourth-order valence-corrected chi connectivity index (χ4v) is 2.36. The van der Waals surface area contributed by atoms with Crippen LogP contribution < -0.4 is 4.74 Å². The molecule has 0 saturated carbocycles. The number of ether oxygens (including phenoxy) is 1. The largest absolute Gasteiger partial charge is 0.496 e. The highest BCUT2D eigenvalue weighted by molar-refractivity contribution is 6.55. The highest BCUT2D eigenvalue weighted by Crippen LogP contribution is 2.39. The molecule has 2 rings (SSSR count). The molecule has 7 heteroatoms. The molecule has 1 aliphatic heterocycles. The Labute approximate surface area is 142 Å². The Morgan fingerprint density at radius 1 is 1.25 bits per heavy atom. The van der Waals surface area contributed by atoms with Crippen LogP contribution in [0.15, 0.2) is 23.7 Å². The average molecular weight is 334 g/mol. The summed E-state index contributed by atoms with van der Waals surface area (Å²) < 4.78 is 17.1. The lowest BCUT2D eigenvalue weighted by Gasteiger charge is -2.32. The Kier molecular flexibility index (Phi) is 5.08. The third-order valence-corrected chi connectivity index (χ3v) is 4.56. The van der Waals surface area contributed by atoms with E-state index in [9.17, 15) is 9.90 Å². The van der Waals surface area contributed by atoms with Crippen LogP contribution in [0, 0.1) is 0 Å². The first kappa shape index (κ1) is 18.5. The first-order chi connectivity index (χ1) is 11.1.